The Morgan fingerprint density at radius 2 is 2.13 bits per heavy atom. The summed E-state index contributed by atoms with van der Waals surface area (Å²) in [5.74, 6) is 0.945. The Labute approximate surface area is 181 Å². The lowest BCUT2D eigenvalue weighted by Crippen LogP contribution is -2.54. The highest BCUT2D eigenvalue weighted by Gasteiger charge is 2.28. The van der Waals surface area contributed by atoms with Crippen molar-refractivity contribution in [3.8, 4) is 5.75 Å². The molecule has 0 saturated carbocycles. The summed E-state index contributed by atoms with van der Waals surface area (Å²) in [5, 5.41) is 2.76. The minimum Gasteiger partial charge on any atom is -0.491 e. The summed E-state index contributed by atoms with van der Waals surface area (Å²) in [4.78, 5) is 37.7. The molecule has 0 aliphatic carbocycles. The smallest absolute Gasteiger partial charge is 0.328 e. The van der Waals surface area contributed by atoms with Gasteiger partial charge in [0.15, 0.2) is 5.78 Å². The maximum Gasteiger partial charge on any atom is 0.328 e. The van der Waals surface area contributed by atoms with Gasteiger partial charge >= 0.3 is 12.0 Å². The molecule has 1 aliphatic heterocycles. The maximum atomic E-state index is 12.6. The fourth-order valence-corrected chi connectivity index (χ4v) is 3.65. The average Bonchev–Trinajstić information content (AvgIpc) is 2.74. The normalized spacial score (nSPS) is 17.2. The number of aryl methyl sites for hydroxylation is 1. The first kappa shape index (κ1) is 24.0. The number of carbonyl (C=O) groups is 3. The number of benzene rings is 1. The van der Waals surface area contributed by atoms with Crippen molar-refractivity contribution in [2.75, 3.05) is 45.4 Å². The summed E-state index contributed by atoms with van der Waals surface area (Å²) in [6.45, 7) is 4.84. The second kappa shape index (κ2) is 11.8. The summed E-state index contributed by atoms with van der Waals surface area (Å²) in [7, 11) is 1.31. The summed E-state index contributed by atoms with van der Waals surface area (Å²) < 4.78 is 16.3. The molecule has 0 radical (unpaired) electrons. The number of nitrogens with one attached hydrogen (secondary N) is 1. The van der Waals surface area contributed by atoms with Crippen LogP contribution in [-0.2, 0) is 14.3 Å². The molecule has 166 valence electrons. The van der Waals surface area contributed by atoms with E-state index in [0.717, 1.165) is 11.3 Å². The first-order valence-electron chi connectivity index (χ1n) is 9.84. The molecule has 1 saturated heterocycles. The van der Waals surface area contributed by atoms with E-state index in [-0.39, 0.29) is 24.5 Å². The van der Waals surface area contributed by atoms with Gasteiger partial charge in [-0.15, -0.1) is 0 Å². The third-order valence-corrected chi connectivity index (χ3v) is 5.48. The zero-order chi connectivity index (χ0) is 22.1. The number of thioether (sulfide) groups is 1. The van der Waals surface area contributed by atoms with Gasteiger partial charge in [-0.1, -0.05) is 0 Å². The molecule has 1 aromatic rings. The molecular formula is C21H30N2O6S. The Morgan fingerprint density at radius 1 is 1.37 bits per heavy atom. The second-order valence-corrected chi connectivity index (χ2v) is 8.08. The number of methoxy groups -OCH3 is 1. The van der Waals surface area contributed by atoms with Crippen LogP contribution in [0.1, 0.15) is 29.3 Å². The molecule has 0 spiro atoms. The number of nitrogens with zero attached hydrogens (tertiary/aromatic N) is 1. The predicted octanol–water partition coefficient (Wildman–Crippen LogP) is 2.28. The molecule has 1 aromatic carbocycles. The van der Waals surface area contributed by atoms with Crippen molar-refractivity contribution in [2.24, 2.45) is 0 Å². The maximum absolute atomic E-state index is 12.6. The first-order chi connectivity index (χ1) is 14.3. The summed E-state index contributed by atoms with van der Waals surface area (Å²) >= 11 is 1.60. The number of Topliss-reactive ketones (excluding diaryl/α,β-unsaturated/α-hetero) is 1. The molecule has 1 aliphatic rings. The molecule has 2 rings (SSSR count). The van der Waals surface area contributed by atoms with E-state index in [0.29, 0.717) is 37.4 Å². The zero-order valence-corrected chi connectivity index (χ0v) is 18.8. The van der Waals surface area contributed by atoms with Crippen LogP contribution < -0.4 is 10.1 Å². The number of ether oxygens (including phenoxy) is 3. The topological polar surface area (TPSA) is 94.2 Å². The largest absolute Gasteiger partial charge is 0.491 e. The molecule has 1 unspecified atom stereocenters. The second-order valence-electron chi connectivity index (χ2n) is 7.09. The van der Waals surface area contributed by atoms with Crippen molar-refractivity contribution < 1.29 is 28.6 Å². The Morgan fingerprint density at radius 3 is 2.77 bits per heavy atom. The van der Waals surface area contributed by atoms with E-state index in [2.05, 4.69) is 5.32 Å². The third-order valence-electron chi connectivity index (χ3n) is 4.83. The number of esters is 1. The Hall–Kier alpha value is -2.26. The van der Waals surface area contributed by atoms with E-state index in [9.17, 15) is 14.4 Å². The van der Waals surface area contributed by atoms with Crippen molar-refractivity contribution >= 4 is 29.5 Å². The number of urea groups is 1. The van der Waals surface area contributed by atoms with Crippen LogP contribution >= 0.6 is 11.8 Å². The lowest BCUT2D eigenvalue weighted by Gasteiger charge is -2.33. The molecule has 1 N–H and O–H groups in total. The molecule has 8 nitrogen and oxygen atoms in total. The van der Waals surface area contributed by atoms with Crippen LogP contribution in [0.4, 0.5) is 4.79 Å². The number of ketones is 1. The number of carbonyl (C=O) groups excluding carboxylic acids is 3. The average molecular weight is 439 g/mol. The molecule has 1 fully saturated rings. The third kappa shape index (κ3) is 6.91. The first-order valence-corrected chi connectivity index (χ1v) is 11.2. The van der Waals surface area contributed by atoms with Crippen LogP contribution in [0.5, 0.6) is 5.75 Å². The highest BCUT2D eigenvalue weighted by atomic mass is 32.2. The van der Waals surface area contributed by atoms with E-state index < -0.39 is 12.0 Å². The Bertz CT molecular complexity index is 757. The van der Waals surface area contributed by atoms with Gasteiger partial charge in [0.1, 0.15) is 24.5 Å². The lowest BCUT2D eigenvalue weighted by atomic mass is 10.1. The van der Waals surface area contributed by atoms with E-state index >= 15 is 0 Å². The van der Waals surface area contributed by atoms with Gasteiger partial charge < -0.3 is 24.4 Å². The molecule has 2 atom stereocenters. The number of hydrogen-bond acceptors (Lipinski definition) is 7. The summed E-state index contributed by atoms with van der Waals surface area (Å²) in [6.07, 6.45) is 2.16. The van der Waals surface area contributed by atoms with Crippen molar-refractivity contribution in [3.63, 3.8) is 0 Å². The number of amides is 2. The standard InChI is InChI=1S/C21H30N2O6S/c1-14-11-16(5-6-18(14)15(2)24)29-13-17-12-23(8-9-28-17)21(26)22-19(7-10-30-4)20(25)27-3/h5-6,11,17,19H,7-10,12-13H2,1-4H3,(H,22,26)/t17?,19-/m0/s1. The molecular weight excluding hydrogens is 408 g/mol. The fourth-order valence-electron chi connectivity index (χ4n) is 3.18. The minimum absolute atomic E-state index is 0.0131. The van der Waals surface area contributed by atoms with Crippen molar-refractivity contribution in [1.29, 1.82) is 0 Å². The zero-order valence-electron chi connectivity index (χ0n) is 17.9. The van der Waals surface area contributed by atoms with Gasteiger partial charge in [-0.3, -0.25) is 4.79 Å². The van der Waals surface area contributed by atoms with Crippen LogP contribution in [0.3, 0.4) is 0 Å². The van der Waals surface area contributed by atoms with E-state index in [4.69, 9.17) is 14.2 Å². The van der Waals surface area contributed by atoms with Crippen LogP contribution in [0.2, 0.25) is 0 Å². The van der Waals surface area contributed by atoms with Gasteiger partial charge in [0.2, 0.25) is 0 Å². The van der Waals surface area contributed by atoms with Crippen molar-refractivity contribution in [3.05, 3.63) is 29.3 Å². The molecule has 0 bridgehead atoms. The van der Waals surface area contributed by atoms with Gasteiger partial charge in [0.25, 0.3) is 0 Å². The van der Waals surface area contributed by atoms with Gasteiger partial charge in [0, 0.05) is 12.1 Å². The van der Waals surface area contributed by atoms with Crippen LogP contribution in [0.15, 0.2) is 18.2 Å². The summed E-state index contributed by atoms with van der Waals surface area (Å²) in [5.41, 5.74) is 1.52. The van der Waals surface area contributed by atoms with E-state index in [1.54, 1.807) is 28.8 Å². The number of morpholine rings is 1. The highest BCUT2D eigenvalue weighted by Crippen LogP contribution is 2.19. The summed E-state index contributed by atoms with van der Waals surface area (Å²) in [6, 6.07) is 4.33. The molecule has 30 heavy (non-hydrogen) atoms. The quantitative estimate of drug-likeness (QED) is 0.467. The highest BCUT2D eigenvalue weighted by molar-refractivity contribution is 7.98. The molecule has 0 aromatic heterocycles. The van der Waals surface area contributed by atoms with Crippen molar-refractivity contribution in [1.82, 2.24) is 10.2 Å². The Kier molecular flexibility index (Phi) is 9.45. The molecule has 9 heteroatoms. The monoisotopic (exact) mass is 438 g/mol. The fraction of sp³-hybridized carbons (Fsp3) is 0.571. The minimum atomic E-state index is -0.671. The SMILES string of the molecule is COC(=O)[C@H](CCSC)NC(=O)N1CCOC(COc2ccc(C(C)=O)c(C)c2)C1. The van der Waals surface area contributed by atoms with Gasteiger partial charge in [-0.25, -0.2) is 9.59 Å². The van der Waals surface area contributed by atoms with E-state index in [1.807, 2.05) is 19.2 Å². The van der Waals surface area contributed by atoms with Crippen LogP contribution in [0.25, 0.3) is 0 Å². The van der Waals surface area contributed by atoms with Gasteiger partial charge in [-0.05, 0) is 56.0 Å². The number of rotatable bonds is 9. The predicted molar refractivity (Wildman–Crippen MR) is 115 cm³/mol. The van der Waals surface area contributed by atoms with Gasteiger partial charge in [0.05, 0.1) is 20.3 Å². The van der Waals surface area contributed by atoms with Gasteiger partial charge in [-0.2, -0.15) is 11.8 Å². The lowest BCUT2D eigenvalue weighted by molar-refractivity contribution is -0.143. The van der Waals surface area contributed by atoms with Crippen LogP contribution in [0, 0.1) is 6.92 Å². The molecule has 2 amide bonds. The van der Waals surface area contributed by atoms with Crippen LogP contribution in [-0.4, -0.2) is 80.3 Å². The molecule has 1 heterocycles. The number of hydrogen-bond donors (Lipinski definition) is 1. The van der Waals surface area contributed by atoms with Crippen molar-refractivity contribution in [2.45, 2.75) is 32.4 Å². The van der Waals surface area contributed by atoms with E-state index in [1.165, 1.54) is 14.0 Å². The Balaban J connectivity index is 1.89.